The second-order valence-electron chi connectivity index (χ2n) is 3.84. The van der Waals surface area contributed by atoms with E-state index < -0.39 is 0 Å². The molecule has 0 aliphatic rings. The van der Waals surface area contributed by atoms with Gasteiger partial charge < -0.3 is 10.2 Å². The lowest BCUT2D eigenvalue weighted by atomic mass is 10.5. The zero-order chi connectivity index (χ0) is 13.3. The van der Waals surface area contributed by atoms with Crippen LogP contribution in [0.2, 0.25) is 0 Å². The maximum atomic E-state index is 11.7. The van der Waals surface area contributed by atoms with Crippen LogP contribution >= 0.6 is 11.3 Å². The van der Waals surface area contributed by atoms with E-state index in [1.165, 1.54) is 21.9 Å². The minimum absolute atomic E-state index is 0.117. The highest BCUT2D eigenvalue weighted by molar-refractivity contribution is 7.20. The Balaban J connectivity index is 2.38. The van der Waals surface area contributed by atoms with Crippen LogP contribution < -0.4 is 15.8 Å². The summed E-state index contributed by atoms with van der Waals surface area (Å²) in [5.41, 5.74) is 0.442. The molecule has 18 heavy (non-hydrogen) atoms. The van der Waals surface area contributed by atoms with Crippen LogP contribution in [0, 0.1) is 6.92 Å². The first-order valence-electron chi connectivity index (χ1n) is 5.30. The van der Waals surface area contributed by atoms with Gasteiger partial charge in [-0.2, -0.15) is 4.52 Å². The molecular weight excluding hydrogens is 254 g/mol. The third-order valence-corrected chi connectivity index (χ3v) is 3.37. The van der Waals surface area contributed by atoms with Gasteiger partial charge in [-0.25, -0.2) is 4.98 Å². The average molecular weight is 267 g/mol. The normalized spacial score (nSPS) is 10.6. The van der Waals surface area contributed by atoms with E-state index in [4.69, 9.17) is 0 Å². The summed E-state index contributed by atoms with van der Waals surface area (Å²) in [5, 5.41) is 7.26. The molecule has 0 unspecified atom stereocenters. The topological polar surface area (TPSA) is 79.6 Å². The van der Waals surface area contributed by atoms with Crippen molar-refractivity contribution >= 4 is 27.3 Å². The Hall–Kier alpha value is -1.96. The van der Waals surface area contributed by atoms with Gasteiger partial charge in [0.2, 0.25) is 16.0 Å². The maximum absolute atomic E-state index is 11.7. The van der Waals surface area contributed by atoms with E-state index in [-0.39, 0.29) is 18.0 Å². The van der Waals surface area contributed by atoms with E-state index in [1.807, 2.05) is 0 Å². The van der Waals surface area contributed by atoms with Crippen molar-refractivity contribution in [3.05, 3.63) is 22.1 Å². The molecule has 0 spiro atoms. The number of carbonyl (C=O) groups is 1. The van der Waals surface area contributed by atoms with Crippen LogP contribution in [0.5, 0.6) is 0 Å². The average Bonchev–Trinajstić information content (AvgIpc) is 2.72. The summed E-state index contributed by atoms with van der Waals surface area (Å²) in [6, 6.07) is 1.43. The molecule has 0 saturated heterocycles. The lowest BCUT2D eigenvalue weighted by Crippen LogP contribution is -2.33. The van der Waals surface area contributed by atoms with E-state index in [0.29, 0.717) is 15.8 Å². The molecular formula is C10H13N5O2S. The van der Waals surface area contributed by atoms with Crippen molar-refractivity contribution in [3.8, 4) is 0 Å². The molecule has 0 bridgehead atoms. The van der Waals surface area contributed by atoms with E-state index >= 15 is 0 Å². The molecule has 96 valence electrons. The third kappa shape index (κ3) is 2.33. The number of amides is 1. The number of rotatable bonds is 3. The standard InChI is InChI=1S/C10H13N5O2S/c1-6-4-8(17)15-9(12-6)18-10(13-15)14(3)5-7(16)11-2/h4H,5H2,1-3H3,(H,11,16). The predicted molar refractivity (Wildman–Crippen MR) is 69.2 cm³/mol. The molecule has 8 heteroatoms. The molecule has 2 aromatic heterocycles. The molecule has 0 fully saturated rings. The molecule has 0 aliphatic carbocycles. The fraction of sp³-hybridized carbons (Fsp3) is 0.400. The lowest BCUT2D eigenvalue weighted by Gasteiger charge is -2.12. The van der Waals surface area contributed by atoms with Crippen LogP contribution in [0.15, 0.2) is 10.9 Å². The summed E-state index contributed by atoms with van der Waals surface area (Å²) in [6.07, 6.45) is 0. The number of aryl methyl sites for hydroxylation is 1. The van der Waals surface area contributed by atoms with Crippen molar-refractivity contribution in [1.82, 2.24) is 19.9 Å². The fourth-order valence-corrected chi connectivity index (χ4v) is 2.34. The number of nitrogens with one attached hydrogen (secondary N) is 1. The number of hydrogen-bond donors (Lipinski definition) is 1. The van der Waals surface area contributed by atoms with Crippen molar-refractivity contribution in [2.75, 3.05) is 25.5 Å². The Bertz CT molecular complexity index is 647. The second kappa shape index (κ2) is 4.73. The number of nitrogens with zero attached hydrogens (tertiary/aromatic N) is 4. The van der Waals surface area contributed by atoms with Crippen molar-refractivity contribution in [2.45, 2.75) is 6.92 Å². The summed E-state index contributed by atoms with van der Waals surface area (Å²) in [5.74, 6) is -0.117. The van der Waals surface area contributed by atoms with Crippen molar-refractivity contribution < 1.29 is 4.79 Å². The molecule has 2 aromatic rings. The van der Waals surface area contributed by atoms with Gasteiger partial charge in [-0.05, 0) is 6.92 Å². The highest BCUT2D eigenvalue weighted by atomic mass is 32.1. The number of fused-ring (bicyclic) bond motifs is 1. The van der Waals surface area contributed by atoms with Crippen LogP contribution in [-0.2, 0) is 4.79 Å². The second-order valence-corrected chi connectivity index (χ2v) is 4.78. The number of aromatic nitrogens is 3. The Labute approximate surface area is 107 Å². The molecule has 0 atom stereocenters. The van der Waals surface area contributed by atoms with E-state index in [9.17, 15) is 9.59 Å². The van der Waals surface area contributed by atoms with Gasteiger partial charge in [-0.3, -0.25) is 9.59 Å². The van der Waals surface area contributed by atoms with Crippen LogP contribution in [0.25, 0.3) is 4.96 Å². The smallest absolute Gasteiger partial charge is 0.275 e. The molecule has 0 aliphatic heterocycles. The zero-order valence-corrected chi connectivity index (χ0v) is 11.1. The van der Waals surface area contributed by atoms with E-state index in [0.717, 1.165) is 0 Å². The largest absolute Gasteiger partial charge is 0.358 e. The number of hydrogen-bond acceptors (Lipinski definition) is 6. The van der Waals surface area contributed by atoms with Gasteiger partial charge in [0, 0.05) is 25.9 Å². The van der Waals surface area contributed by atoms with Crippen molar-refractivity contribution in [1.29, 1.82) is 0 Å². The predicted octanol–water partition coefficient (Wildman–Crippen LogP) is -0.358. The van der Waals surface area contributed by atoms with Crippen molar-refractivity contribution in [2.24, 2.45) is 0 Å². The van der Waals surface area contributed by atoms with Gasteiger partial charge in [0.15, 0.2) is 0 Å². The first-order valence-corrected chi connectivity index (χ1v) is 6.12. The lowest BCUT2D eigenvalue weighted by molar-refractivity contribution is -0.119. The molecule has 0 aromatic carbocycles. The minimum atomic E-state index is -0.214. The summed E-state index contributed by atoms with van der Waals surface area (Å²) < 4.78 is 1.24. The van der Waals surface area contributed by atoms with Crippen LogP contribution in [-0.4, -0.2) is 41.1 Å². The number of likely N-dealkylation sites (N-methyl/N-ethyl adjacent to an activating group) is 2. The van der Waals surface area contributed by atoms with E-state index in [2.05, 4.69) is 15.4 Å². The molecule has 1 amide bonds. The molecule has 0 radical (unpaired) electrons. The highest BCUT2D eigenvalue weighted by Crippen LogP contribution is 2.19. The van der Waals surface area contributed by atoms with Crippen LogP contribution in [0.1, 0.15) is 5.69 Å². The Kier molecular flexibility index (Phi) is 3.28. The third-order valence-electron chi connectivity index (χ3n) is 2.35. The van der Waals surface area contributed by atoms with Gasteiger partial charge in [0.05, 0.1) is 6.54 Å². The Morgan fingerprint density at radius 3 is 3.00 bits per heavy atom. The molecule has 2 rings (SSSR count). The molecule has 0 saturated carbocycles. The SMILES string of the molecule is CNC(=O)CN(C)c1nn2c(=O)cc(C)nc2s1. The summed E-state index contributed by atoms with van der Waals surface area (Å²) in [6.45, 7) is 1.94. The Morgan fingerprint density at radius 2 is 2.33 bits per heavy atom. The summed E-state index contributed by atoms with van der Waals surface area (Å²) >= 11 is 1.27. The highest BCUT2D eigenvalue weighted by Gasteiger charge is 2.13. The first kappa shape index (κ1) is 12.5. The van der Waals surface area contributed by atoms with Gasteiger partial charge in [-0.1, -0.05) is 11.3 Å². The van der Waals surface area contributed by atoms with Gasteiger partial charge in [0.1, 0.15) is 0 Å². The van der Waals surface area contributed by atoms with Crippen molar-refractivity contribution in [3.63, 3.8) is 0 Å². The molecule has 2 heterocycles. The first-order chi connectivity index (χ1) is 8.51. The van der Waals surface area contributed by atoms with Gasteiger partial charge >= 0.3 is 0 Å². The number of carbonyl (C=O) groups excluding carboxylic acids is 1. The quantitative estimate of drug-likeness (QED) is 0.821. The zero-order valence-electron chi connectivity index (χ0n) is 10.3. The Morgan fingerprint density at radius 1 is 1.61 bits per heavy atom. The van der Waals surface area contributed by atoms with Crippen LogP contribution in [0.4, 0.5) is 5.13 Å². The van der Waals surface area contributed by atoms with E-state index in [1.54, 1.807) is 25.9 Å². The van der Waals surface area contributed by atoms with Gasteiger partial charge in [0.25, 0.3) is 5.56 Å². The minimum Gasteiger partial charge on any atom is -0.358 e. The summed E-state index contributed by atoms with van der Waals surface area (Å²) in [7, 11) is 3.31. The molecule has 7 nitrogen and oxygen atoms in total. The maximum Gasteiger partial charge on any atom is 0.275 e. The summed E-state index contributed by atoms with van der Waals surface area (Å²) in [4.78, 5) is 29.4. The fourth-order valence-electron chi connectivity index (χ4n) is 1.43. The monoisotopic (exact) mass is 267 g/mol. The molecule has 1 N–H and O–H groups in total. The van der Waals surface area contributed by atoms with Crippen LogP contribution in [0.3, 0.4) is 0 Å². The van der Waals surface area contributed by atoms with Gasteiger partial charge in [-0.15, -0.1) is 5.10 Å². The number of anilines is 1.